The van der Waals surface area contributed by atoms with Gasteiger partial charge in [-0.15, -0.1) is 0 Å². The molecule has 0 saturated heterocycles. The van der Waals surface area contributed by atoms with E-state index in [1.807, 2.05) is 27.8 Å². The van der Waals surface area contributed by atoms with Gasteiger partial charge >= 0.3 is 0 Å². The molecule has 0 bridgehead atoms. The predicted molar refractivity (Wildman–Crippen MR) is 75.1 cm³/mol. The van der Waals surface area contributed by atoms with Gasteiger partial charge in [0.25, 0.3) is 5.91 Å². The number of hydrogen-bond acceptors (Lipinski definition) is 3. The second-order valence-corrected chi connectivity index (χ2v) is 4.87. The maximum Gasteiger partial charge on any atom is 0.251 e. The minimum absolute atomic E-state index is 0.0440. The average molecular weight is 267 g/mol. The van der Waals surface area contributed by atoms with Gasteiger partial charge in [0.2, 0.25) is 0 Å². The number of carbonyl (C=O) groups is 1. The summed E-state index contributed by atoms with van der Waals surface area (Å²) in [5, 5.41) is 7.16. The zero-order chi connectivity index (χ0) is 14.4. The number of rotatable bonds is 7. The van der Waals surface area contributed by atoms with E-state index in [4.69, 9.17) is 4.74 Å². The highest BCUT2D eigenvalue weighted by molar-refractivity contribution is 5.80. The van der Waals surface area contributed by atoms with E-state index < -0.39 is 0 Å². The monoisotopic (exact) mass is 267 g/mol. The van der Waals surface area contributed by atoms with E-state index in [9.17, 15) is 4.79 Å². The summed E-state index contributed by atoms with van der Waals surface area (Å²) in [7, 11) is 1.83. The lowest BCUT2D eigenvalue weighted by Crippen LogP contribution is -2.37. The lowest BCUT2D eigenvalue weighted by molar-refractivity contribution is -0.141. The van der Waals surface area contributed by atoms with Gasteiger partial charge < -0.3 is 9.64 Å². The second-order valence-electron chi connectivity index (χ2n) is 4.87. The average Bonchev–Trinajstić information content (AvgIpc) is 2.69. The van der Waals surface area contributed by atoms with Crippen LogP contribution < -0.4 is 0 Å². The number of likely N-dealkylation sites (N-methyl/N-ethyl adjacent to an activating group) is 1. The van der Waals surface area contributed by atoms with Gasteiger partial charge in [0.1, 0.15) is 6.10 Å². The van der Waals surface area contributed by atoms with E-state index in [0.29, 0.717) is 6.61 Å². The van der Waals surface area contributed by atoms with Gasteiger partial charge in [0.05, 0.1) is 5.69 Å². The molecular formula is C14H25N3O2. The van der Waals surface area contributed by atoms with Crippen LogP contribution >= 0.6 is 0 Å². The van der Waals surface area contributed by atoms with E-state index >= 15 is 0 Å². The number of H-pyrrole nitrogens is 1. The smallest absolute Gasteiger partial charge is 0.251 e. The molecule has 0 saturated carbocycles. The van der Waals surface area contributed by atoms with Crippen molar-refractivity contribution in [3.8, 4) is 0 Å². The van der Waals surface area contributed by atoms with Crippen LogP contribution in [0.2, 0.25) is 0 Å². The Bertz CT molecular complexity index is 395. The van der Waals surface area contributed by atoms with Gasteiger partial charge in [-0.05, 0) is 46.1 Å². The van der Waals surface area contributed by atoms with Crippen LogP contribution in [-0.4, -0.2) is 47.3 Å². The fourth-order valence-electron chi connectivity index (χ4n) is 2.18. The topological polar surface area (TPSA) is 58.2 Å². The molecule has 1 N–H and O–H groups in total. The SMILES string of the molecule is CCOC(C)C(=O)N(C)CCCc1c(C)n[nH]c1C. The molecule has 108 valence electrons. The van der Waals surface area contributed by atoms with E-state index in [2.05, 4.69) is 10.2 Å². The van der Waals surface area contributed by atoms with Crippen LogP contribution in [0.5, 0.6) is 0 Å². The number of aromatic nitrogens is 2. The highest BCUT2D eigenvalue weighted by Gasteiger charge is 2.17. The summed E-state index contributed by atoms with van der Waals surface area (Å²) in [4.78, 5) is 13.7. The Hall–Kier alpha value is -1.36. The molecule has 1 heterocycles. The summed E-state index contributed by atoms with van der Waals surface area (Å²) in [6.07, 6.45) is 1.52. The molecule has 0 aliphatic carbocycles. The van der Waals surface area contributed by atoms with Crippen molar-refractivity contribution in [2.45, 2.75) is 46.6 Å². The number of nitrogens with zero attached hydrogens (tertiary/aromatic N) is 2. The lowest BCUT2D eigenvalue weighted by Gasteiger charge is -2.21. The molecule has 0 radical (unpaired) electrons. The van der Waals surface area contributed by atoms with Crippen molar-refractivity contribution >= 4 is 5.91 Å². The Morgan fingerprint density at radius 3 is 2.68 bits per heavy atom. The first-order valence-electron chi connectivity index (χ1n) is 6.84. The molecule has 0 aliphatic rings. The first kappa shape index (κ1) is 15.7. The number of nitrogens with one attached hydrogen (secondary N) is 1. The molecule has 1 aromatic heterocycles. The molecular weight excluding hydrogens is 242 g/mol. The van der Waals surface area contributed by atoms with Crippen LogP contribution in [0, 0.1) is 13.8 Å². The maximum atomic E-state index is 11.9. The van der Waals surface area contributed by atoms with Gasteiger partial charge in [-0.1, -0.05) is 0 Å². The van der Waals surface area contributed by atoms with Crippen molar-refractivity contribution in [2.75, 3.05) is 20.2 Å². The summed E-state index contributed by atoms with van der Waals surface area (Å²) < 4.78 is 5.31. The minimum Gasteiger partial charge on any atom is -0.369 e. The van der Waals surface area contributed by atoms with Crippen molar-refractivity contribution < 1.29 is 9.53 Å². The number of amides is 1. The molecule has 1 aromatic rings. The van der Waals surface area contributed by atoms with Crippen molar-refractivity contribution in [3.05, 3.63) is 17.0 Å². The Morgan fingerprint density at radius 2 is 2.16 bits per heavy atom. The molecule has 0 fully saturated rings. The first-order chi connectivity index (χ1) is 8.97. The van der Waals surface area contributed by atoms with E-state index in [1.165, 1.54) is 5.56 Å². The van der Waals surface area contributed by atoms with Crippen molar-refractivity contribution in [3.63, 3.8) is 0 Å². The number of ether oxygens (including phenoxy) is 1. The number of hydrogen-bond donors (Lipinski definition) is 1. The van der Waals surface area contributed by atoms with E-state index in [0.717, 1.165) is 30.8 Å². The van der Waals surface area contributed by atoms with Gasteiger partial charge in [0, 0.05) is 25.9 Å². The van der Waals surface area contributed by atoms with Crippen LogP contribution in [0.1, 0.15) is 37.2 Å². The number of carbonyl (C=O) groups excluding carboxylic acids is 1. The Labute approximate surface area is 115 Å². The van der Waals surface area contributed by atoms with Crippen LogP contribution in [0.15, 0.2) is 0 Å². The van der Waals surface area contributed by atoms with Gasteiger partial charge in [-0.3, -0.25) is 9.89 Å². The normalized spacial score (nSPS) is 12.5. The Balaban J connectivity index is 2.39. The summed E-state index contributed by atoms with van der Waals surface area (Å²) in [5.74, 6) is 0.0440. The molecule has 0 aromatic carbocycles. The molecule has 1 unspecified atom stereocenters. The molecule has 1 amide bonds. The molecule has 0 aliphatic heterocycles. The zero-order valence-electron chi connectivity index (χ0n) is 12.6. The number of aromatic amines is 1. The maximum absolute atomic E-state index is 11.9. The Kier molecular flexibility index (Phi) is 6.02. The van der Waals surface area contributed by atoms with Gasteiger partial charge in [-0.2, -0.15) is 5.10 Å². The molecule has 19 heavy (non-hydrogen) atoms. The fraction of sp³-hybridized carbons (Fsp3) is 0.714. The Morgan fingerprint density at radius 1 is 1.47 bits per heavy atom. The molecule has 5 nitrogen and oxygen atoms in total. The predicted octanol–water partition coefficient (Wildman–Crippen LogP) is 1.84. The highest BCUT2D eigenvalue weighted by atomic mass is 16.5. The van der Waals surface area contributed by atoms with Crippen LogP contribution in [0.3, 0.4) is 0 Å². The largest absolute Gasteiger partial charge is 0.369 e. The van der Waals surface area contributed by atoms with Crippen LogP contribution in [-0.2, 0) is 16.0 Å². The highest BCUT2D eigenvalue weighted by Crippen LogP contribution is 2.12. The fourth-order valence-corrected chi connectivity index (χ4v) is 2.18. The summed E-state index contributed by atoms with van der Waals surface area (Å²) >= 11 is 0. The van der Waals surface area contributed by atoms with E-state index in [1.54, 1.807) is 11.8 Å². The van der Waals surface area contributed by atoms with Gasteiger partial charge in [-0.25, -0.2) is 0 Å². The van der Waals surface area contributed by atoms with E-state index in [-0.39, 0.29) is 12.0 Å². The minimum atomic E-state index is -0.354. The first-order valence-corrected chi connectivity index (χ1v) is 6.84. The lowest BCUT2D eigenvalue weighted by atomic mass is 10.1. The molecule has 1 atom stereocenters. The quantitative estimate of drug-likeness (QED) is 0.820. The third kappa shape index (κ3) is 4.35. The zero-order valence-corrected chi connectivity index (χ0v) is 12.6. The van der Waals surface area contributed by atoms with Crippen molar-refractivity contribution in [2.24, 2.45) is 0 Å². The third-order valence-electron chi connectivity index (χ3n) is 3.34. The van der Waals surface area contributed by atoms with Gasteiger partial charge in [0.15, 0.2) is 0 Å². The summed E-state index contributed by atoms with van der Waals surface area (Å²) in [5.41, 5.74) is 3.43. The third-order valence-corrected chi connectivity index (χ3v) is 3.34. The summed E-state index contributed by atoms with van der Waals surface area (Å²) in [6.45, 7) is 9.03. The van der Waals surface area contributed by atoms with Crippen LogP contribution in [0.4, 0.5) is 0 Å². The second kappa shape index (κ2) is 7.28. The molecule has 0 spiro atoms. The molecule has 1 rings (SSSR count). The van der Waals surface area contributed by atoms with Crippen LogP contribution in [0.25, 0.3) is 0 Å². The van der Waals surface area contributed by atoms with Crippen molar-refractivity contribution in [1.29, 1.82) is 0 Å². The standard InChI is InChI=1S/C14H25N3O2/c1-6-19-12(4)14(18)17(5)9-7-8-13-10(2)15-16-11(13)3/h12H,6-9H2,1-5H3,(H,15,16). The molecule has 5 heteroatoms. The number of aryl methyl sites for hydroxylation is 2. The van der Waals surface area contributed by atoms with Crippen molar-refractivity contribution in [1.82, 2.24) is 15.1 Å². The summed E-state index contributed by atoms with van der Waals surface area (Å²) in [6, 6.07) is 0.